The molecule has 2 saturated carbocycles. The fraction of sp³-hybridized carbons (Fsp3) is 0.632. The second kappa shape index (κ2) is 7.23. The van der Waals surface area contributed by atoms with Crippen LogP contribution in [0.1, 0.15) is 61.9 Å². The number of nitrogens with one attached hydrogen (secondary N) is 1. The molecule has 2 atom stereocenters. The van der Waals surface area contributed by atoms with Crippen LogP contribution < -0.4 is 10.1 Å². The van der Waals surface area contributed by atoms with Crippen molar-refractivity contribution in [2.75, 3.05) is 0 Å². The molecule has 0 aliphatic heterocycles. The molecule has 1 amide bonds. The van der Waals surface area contributed by atoms with E-state index in [0.29, 0.717) is 23.6 Å². The van der Waals surface area contributed by atoms with Gasteiger partial charge in [0.05, 0.1) is 11.5 Å². The Morgan fingerprint density at radius 2 is 2.04 bits per heavy atom. The first-order chi connectivity index (χ1) is 12.6. The number of aromatic nitrogens is 3. The van der Waals surface area contributed by atoms with Crippen LogP contribution >= 0.6 is 0 Å². The minimum absolute atomic E-state index is 0.00255. The number of aryl methyl sites for hydroxylation is 1. The molecule has 2 aromatic rings. The molecule has 2 fully saturated rings. The van der Waals surface area contributed by atoms with Crippen molar-refractivity contribution in [3.63, 3.8) is 0 Å². The summed E-state index contributed by atoms with van der Waals surface area (Å²) < 4.78 is 7.51. The van der Waals surface area contributed by atoms with E-state index in [1.807, 2.05) is 6.07 Å². The highest BCUT2D eigenvalue weighted by molar-refractivity contribution is 6.04. The highest BCUT2D eigenvalue weighted by Gasteiger charge is 2.26. The number of amides is 1. The Hall–Kier alpha value is -2.15. The van der Waals surface area contributed by atoms with Gasteiger partial charge in [0.2, 0.25) is 5.88 Å². The molecule has 0 radical (unpaired) electrons. The van der Waals surface area contributed by atoms with E-state index >= 15 is 0 Å². The van der Waals surface area contributed by atoms with E-state index in [1.54, 1.807) is 17.8 Å². The maximum absolute atomic E-state index is 12.7. The van der Waals surface area contributed by atoms with Gasteiger partial charge in [-0.05, 0) is 31.7 Å². The molecule has 140 valence electrons. The Kier molecular flexibility index (Phi) is 4.80. The minimum Gasteiger partial charge on any atom is -0.474 e. The van der Waals surface area contributed by atoms with Gasteiger partial charge in [-0.2, -0.15) is 10.1 Å². The largest absolute Gasteiger partial charge is 0.474 e. The number of carbonyl (C=O) groups is 1. The first-order valence-corrected chi connectivity index (χ1v) is 9.59. The lowest BCUT2D eigenvalue weighted by Gasteiger charge is -2.22. The molecule has 0 spiro atoms. The molecule has 0 aromatic carbocycles. The fourth-order valence-electron chi connectivity index (χ4n) is 4.04. The van der Waals surface area contributed by atoms with Crippen LogP contribution in [0.4, 0.5) is 0 Å². The van der Waals surface area contributed by atoms with Crippen molar-refractivity contribution < 1.29 is 14.6 Å². The summed E-state index contributed by atoms with van der Waals surface area (Å²) in [5.41, 5.74) is 1.05. The average molecular weight is 358 g/mol. The lowest BCUT2D eigenvalue weighted by atomic mass is 9.95. The lowest BCUT2D eigenvalue weighted by molar-refractivity contribution is 0.0923. The van der Waals surface area contributed by atoms with E-state index in [2.05, 4.69) is 15.4 Å². The molecule has 4 rings (SSSR count). The van der Waals surface area contributed by atoms with Crippen LogP contribution in [0, 0.1) is 0 Å². The number of carbonyl (C=O) groups excluding carboxylic acids is 1. The van der Waals surface area contributed by atoms with Gasteiger partial charge in [0, 0.05) is 25.6 Å². The molecule has 7 heteroatoms. The number of hydrogen-bond acceptors (Lipinski definition) is 5. The summed E-state index contributed by atoms with van der Waals surface area (Å²) in [6, 6.07) is 3.88. The van der Waals surface area contributed by atoms with Gasteiger partial charge in [0.15, 0.2) is 11.3 Å². The molecule has 2 aromatic heterocycles. The molecule has 2 unspecified atom stereocenters. The van der Waals surface area contributed by atoms with Gasteiger partial charge in [-0.1, -0.05) is 19.3 Å². The number of pyridine rings is 1. The second-order valence-electron chi connectivity index (χ2n) is 7.51. The van der Waals surface area contributed by atoms with Crippen LogP contribution in [0.3, 0.4) is 0 Å². The van der Waals surface area contributed by atoms with Gasteiger partial charge >= 0.3 is 0 Å². The molecule has 26 heavy (non-hydrogen) atoms. The Bertz CT molecular complexity index is 797. The van der Waals surface area contributed by atoms with Crippen LogP contribution in [-0.4, -0.2) is 44.0 Å². The summed E-state index contributed by atoms with van der Waals surface area (Å²) in [6.45, 7) is 0. The SMILES string of the molecule is Cn1nc(C(=O)NC2CCCCC2)c2ccc(OC3CCC(O)C3)nc21. The maximum atomic E-state index is 12.7. The Morgan fingerprint density at radius 1 is 1.23 bits per heavy atom. The molecule has 2 heterocycles. The van der Waals surface area contributed by atoms with E-state index in [9.17, 15) is 9.90 Å². The smallest absolute Gasteiger partial charge is 0.272 e. The molecule has 2 aliphatic rings. The third kappa shape index (κ3) is 3.53. The number of hydrogen-bond donors (Lipinski definition) is 2. The van der Waals surface area contributed by atoms with E-state index in [1.165, 1.54) is 19.3 Å². The van der Waals surface area contributed by atoms with Crippen molar-refractivity contribution in [2.24, 2.45) is 7.05 Å². The molecule has 2 N–H and O–H groups in total. The molecule has 2 aliphatic carbocycles. The number of aliphatic hydroxyl groups is 1. The average Bonchev–Trinajstić information content (AvgIpc) is 3.19. The number of fused-ring (bicyclic) bond motifs is 1. The van der Waals surface area contributed by atoms with Gasteiger partial charge in [0.1, 0.15) is 6.10 Å². The molecule has 7 nitrogen and oxygen atoms in total. The Balaban J connectivity index is 1.52. The summed E-state index contributed by atoms with van der Waals surface area (Å²) in [5.74, 6) is 0.385. The summed E-state index contributed by atoms with van der Waals surface area (Å²) in [5, 5.41) is 17.9. The van der Waals surface area contributed by atoms with Crippen molar-refractivity contribution in [1.82, 2.24) is 20.1 Å². The van der Waals surface area contributed by atoms with E-state index in [0.717, 1.165) is 31.1 Å². The number of rotatable bonds is 4. The lowest BCUT2D eigenvalue weighted by Crippen LogP contribution is -2.36. The third-order valence-corrected chi connectivity index (χ3v) is 5.46. The zero-order chi connectivity index (χ0) is 18.1. The molecule has 0 saturated heterocycles. The second-order valence-corrected chi connectivity index (χ2v) is 7.51. The summed E-state index contributed by atoms with van der Waals surface area (Å²) in [6.07, 6.45) is 7.64. The van der Waals surface area contributed by atoms with Crippen molar-refractivity contribution in [1.29, 1.82) is 0 Å². The first-order valence-electron chi connectivity index (χ1n) is 9.59. The monoisotopic (exact) mass is 358 g/mol. The van der Waals surface area contributed by atoms with Crippen LogP contribution in [0.2, 0.25) is 0 Å². The minimum atomic E-state index is -0.282. The summed E-state index contributed by atoms with van der Waals surface area (Å²) in [7, 11) is 1.79. The molecule has 0 bridgehead atoms. The van der Waals surface area contributed by atoms with Gasteiger partial charge in [0.25, 0.3) is 5.91 Å². The van der Waals surface area contributed by atoms with E-state index in [4.69, 9.17) is 4.74 Å². The number of aliphatic hydroxyl groups excluding tert-OH is 1. The zero-order valence-corrected chi connectivity index (χ0v) is 15.1. The predicted molar refractivity (Wildman–Crippen MR) is 97.1 cm³/mol. The number of ether oxygens (including phenoxy) is 1. The number of nitrogens with zero attached hydrogens (tertiary/aromatic N) is 3. The van der Waals surface area contributed by atoms with E-state index < -0.39 is 0 Å². The first kappa shape index (κ1) is 17.3. The van der Waals surface area contributed by atoms with E-state index in [-0.39, 0.29) is 24.2 Å². The zero-order valence-electron chi connectivity index (χ0n) is 15.1. The van der Waals surface area contributed by atoms with Gasteiger partial charge < -0.3 is 15.2 Å². The summed E-state index contributed by atoms with van der Waals surface area (Å²) >= 11 is 0. The van der Waals surface area contributed by atoms with Gasteiger partial charge in [-0.3, -0.25) is 4.79 Å². The normalized spacial score (nSPS) is 24.1. The Morgan fingerprint density at radius 3 is 2.77 bits per heavy atom. The van der Waals surface area contributed by atoms with Crippen LogP contribution in [0.5, 0.6) is 5.88 Å². The highest BCUT2D eigenvalue weighted by atomic mass is 16.5. The predicted octanol–water partition coefficient (Wildman–Crippen LogP) is 2.32. The van der Waals surface area contributed by atoms with Crippen molar-refractivity contribution in [3.8, 4) is 5.88 Å². The van der Waals surface area contributed by atoms with Crippen LogP contribution in [-0.2, 0) is 7.05 Å². The molecular weight excluding hydrogens is 332 g/mol. The standard InChI is InChI=1S/C19H26N4O3/c1-23-18-15(9-10-16(21-18)26-14-8-7-13(24)11-14)17(22-23)19(25)20-12-5-3-2-4-6-12/h9-10,12-14,24H,2-8,11H2,1H3,(H,20,25). The third-order valence-electron chi connectivity index (χ3n) is 5.46. The van der Waals surface area contributed by atoms with Crippen molar-refractivity contribution in [3.05, 3.63) is 17.8 Å². The highest BCUT2D eigenvalue weighted by Crippen LogP contribution is 2.26. The van der Waals surface area contributed by atoms with Crippen molar-refractivity contribution >= 4 is 16.9 Å². The maximum Gasteiger partial charge on any atom is 0.272 e. The topological polar surface area (TPSA) is 89.3 Å². The fourth-order valence-corrected chi connectivity index (χ4v) is 4.04. The van der Waals surface area contributed by atoms with Crippen molar-refractivity contribution in [2.45, 2.75) is 69.6 Å². The molecular formula is C19H26N4O3. The van der Waals surface area contributed by atoms with Gasteiger partial charge in [-0.25, -0.2) is 4.68 Å². The van der Waals surface area contributed by atoms with Crippen LogP contribution in [0.15, 0.2) is 12.1 Å². The van der Waals surface area contributed by atoms with Gasteiger partial charge in [-0.15, -0.1) is 0 Å². The quantitative estimate of drug-likeness (QED) is 0.875. The van der Waals surface area contributed by atoms with Crippen LogP contribution in [0.25, 0.3) is 11.0 Å². The summed E-state index contributed by atoms with van der Waals surface area (Å²) in [4.78, 5) is 17.2. The Labute approximate surface area is 152 Å².